The van der Waals surface area contributed by atoms with Crippen molar-refractivity contribution < 1.29 is 0 Å². The quantitative estimate of drug-likeness (QED) is 0.841. The lowest BCUT2D eigenvalue weighted by atomic mass is 9.83. The molecule has 1 aliphatic rings. The molecule has 1 saturated carbocycles. The van der Waals surface area contributed by atoms with Crippen LogP contribution in [-0.2, 0) is 6.42 Å². The number of aryl methyl sites for hydroxylation is 1. The maximum absolute atomic E-state index is 4.61. The third-order valence-electron chi connectivity index (χ3n) is 3.60. The smallest absolute Gasteiger partial charge is 0.132 e. The van der Waals surface area contributed by atoms with Crippen molar-refractivity contribution in [2.75, 3.05) is 5.32 Å². The lowest BCUT2D eigenvalue weighted by Crippen LogP contribution is -2.37. The molecule has 0 aromatic carbocycles. The minimum atomic E-state index is 0.204. The number of hydrogen-bond acceptors (Lipinski definition) is 3. The number of nitrogens with one attached hydrogen (secondary N) is 1. The third kappa shape index (κ3) is 3.67. The van der Waals surface area contributed by atoms with Crippen LogP contribution in [0.5, 0.6) is 0 Å². The average Bonchev–Trinajstić information content (AvgIpc) is 2.28. The van der Waals surface area contributed by atoms with E-state index in [1.165, 1.54) is 32.1 Å². The summed E-state index contributed by atoms with van der Waals surface area (Å²) < 4.78 is 0.878. The number of nitrogens with zero attached hydrogens (tertiary/aromatic N) is 2. The van der Waals surface area contributed by atoms with Crippen LogP contribution in [0.1, 0.15) is 58.2 Å². The number of anilines is 1. The zero-order chi connectivity index (χ0) is 13.0. The first-order valence-electron chi connectivity index (χ1n) is 6.93. The SMILES string of the molecule is CCCc1nc(Br)cc(NC2(C)CCCCC2)n1. The molecule has 4 heteroatoms. The highest BCUT2D eigenvalue weighted by molar-refractivity contribution is 9.10. The van der Waals surface area contributed by atoms with Crippen molar-refractivity contribution in [1.82, 2.24) is 9.97 Å². The predicted molar refractivity (Wildman–Crippen MR) is 78.8 cm³/mol. The van der Waals surface area contributed by atoms with E-state index in [0.717, 1.165) is 29.1 Å². The molecule has 0 atom stereocenters. The fraction of sp³-hybridized carbons (Fsp3) is 0.714. The molecule has 18 heavy (non-hydrogen) atoms. The Morgan fingerprint density at radius 1 is 1.28 bits per heavy atom. The molecule has 1 aromatic heterocycles. The molecule has 0 spiro atoms. The molecule has 0 saturated heterocycles. The van der Waals surface area contributed by atoms with E-state index in [1.807, 2.05) is 6.07 Å². The van der Waals surface area contributed by atoms with Gasteiger partial charge in [-0.05, 0) is 42.1 Å². The highest BCUT2D eigenvalue weighted by atomic mass is 79.9. The van der Waals surface area contributed by atoms with E-state index in [2.05, 4.69) is 45.1 Å². The van der Waals surface area contributed by atoms with Crippen molar-refractivity contribution in [1.29, 1.82) is 0 Å². The molecule has 2 rings (SSSR count). The predicted octanol–water partition coefficient (Wildman–Crippen LogP) is 4.33. The fourth-order valence-corrected chi connectivity index (χ4v) is 3.05. The minimum absolute atomic E-state index is 0.204. The Labute approximate surface area is 118 Å². The van der Waals surface area contributed by atoms with E-state index in [-0.39, 0.29) is 5.54 Å². The van der Waals surface area contributed by atoms with Crippen molar-refractivity contribution in [2.45, 2.75) is 64.3 Å². The summed E-state index contributed by atoms with van der Waals surface area (Å²) in [5, 5.41) is 3.62. The van der Waals surface area contributed by atoms with Crippen LogP contribution >= 0.6 is 15.9 Å². The van der Waals surface area contributed by atoms with Gasteiger partial charge in [-0.1, -0.05) is 26.2 Å². The molecule has 0 radical (unpaired) electrons. The first-order chi connectivity index (χ1) is 8.61. The van der Waals surface area contributed by atoms with Crippen LogP contribution in [0.3, 0.4) is 0 Å². The Kier molecular flexibility index (Phi) is 4.60. The summed E-state index contributed by atoms with van der Waals surface area (Å²) in [6.07, 6.45) is 8.48. The van der Waals surface area contributed by atoms with Gasteiger partial charge >= 0.3 is 0 Å². The summed E-state index contributed by atoms with van der Waals surface area (Å²) in [7, 11) is 0. The second-order valence-electron chi connectivity index (χ2n) is 5.49. The zero-order valence-corrected chi connectivity index (χ0v) is 12.9. The van der Waals surface area contributed by atoms with Crippen LogP contribution in [0.15, 0.2) is 10.7 Å². The van der Waals surface area contributed by atoms with E-state index in [4.69, 9.17) is 0 Å². The maximum atomic E-state index is 4.61. The van der Waals surface area contributed by atoms with Crippen molar-refractivity contribution >= 4 is 21.7 Å². The largest absolute Gasteiger partial charge is 0.365 e. The van der Waals surface area contributed by atoms with Gasteiger partial charge in [-0.25, -0.2) is 9.97 Å². The number of aromatic nitrogens is 2. The summed E-state index contributed by atoms with van der Waals surface area (Å²) in [6.45, 7) is 4.46. The molecule has 0 bridgehead atoms. The van der Waals surface area contributed by atoms with Gasteiger partial charge in [0.2, 0.25) is 0 Å². The number of rotatable bonds is 4. The van der Waals surface area contributed by atoms with Crippen molar-refractivity contribution in [3.05, 3.63) is 16.5 Å². The van der Waals surface area contributed by atoms with Gasteiger partial charge in [-0.2, -0.15) is 0 Å². The molecular weight excluding hydrogens is 290 g/mol. The topological polar surface area (TPSA) is 37.8 Å². The van der Waals surface area contributed by atoms with Gasteiger partial charge < -0.3 is 5.32 Å². The Hall–Kier alpha value is -0.640. The van der Waals surface area contributed by atoms with Crippen molar-refractivity contribution in [2.24, 2.45) is 0 Å². The Morgan fingerprint density at radius 3 is 2.67 bits per heavy atom. The molecule has 0 amide bonds. The standard InChI is InChI=1S/C14H22BrN3/c1-3-7-12-16-11(15)10-13(17-12)18-14(2)8-5-4-6-9-14/h10H,3-9H2,1-2H3,(H,16,17,18). The molecule has 0 unspecified atom stereocenters. The van der Waals surface area contributed by atoms with Crippen molar-refractivity contribution in [3.63, 3.8) is 0 Å². The van der Waals surface area contributed by atoms with Gasteiger partial charge in [0.05, 0.1) is 0 Å². The molecule has 1 heterocycles. The summed E-state index contributed by atoms with van der Waals surface area (Å²) in [4.78, 5) is 9.02. The van der Waals surface area contributed by atoms with E-state index in [9.17, 15) is 0 Å². The molecule has 1 N–H and O–H groups in total. The molecule has 1 fully saturated rings. The van der Waals surface area contributed by atoms with Crippen LogP contribution in [-0.4, -0.2) is 15.5 Å². The molecule has 3 nitrogen and oxygen atoms in total. The van der Waals surface area contributed by atoms with Crippen LogP contribution in [0, 0.1) is 0 Å². The second-order valence-corrected chi connectivity index (χ2v) is 6.30. The molecule has 0 aliphatic heterocycles. The molecule has 100 valence electrons. The molecular formula is C14H22BrN3. The highest BCUT2D eigenvalue weighted by Gasteiger charge is 2.26. The van der Waals surface area contributed by atoms with Crippen LogP contribution in [0.4, 0.5) is 5.82 Å². The zero-order valence-electron chi connectivity index (χ0n) is 11.3. The average molecular weight is 312 g/mol. The Morgan fingerprint density at radius 2 is 2.00 bits per heavy atom. The fourth-order valence-electron chi connectivity index (χ4n) is 2.63. The monoisotopic (exact) mass is 311 g/mol. The first-order valence-corrected chi connectivity index (χ1v) is 7.72. The van der Waals surface area contributed by atoms with E-state index >= 15 is 0 Å². The highest BCUT2D eigenvalue weighted by Crippen LogP contribution is 2.31. The van der Waals surface area contributed by atoms with Crippen molar-refractivity contribution in [3.8, 4) is 0 Å². The molecule has 1 aromatic rings. The van der Waals surface area contributed by atoms with Gasteiger partial charge in [0.25, 0.3) is 0 Å². The van der Waals surface area contributed by atoms with Gasteiger partial charge in [0.1, 0.15) is 16.2 Å². The van der Waals surface area contributed by atoms with Crippen LogP contribution in [0.25, 0.3) is 0 Å². The normalized spacial score (nSPS) is 18.6. The summed E-state index contributed by atoms with van der Waals surface area (Å²) in [5.74, 6) is 1.89. The Balaban J connectivity index is 2.12. The minimum Gasteiger partial charge on any atom is -0.365 e. The number of hydrogen-bond donors (Lipinski definition) is 1. The van der Waals surface area contributed by atoms with E-state index in [0.29, 0.717) is 0 Å². The summed E-state index contributed by atoms with van der Waals surface area (Å²) >= 11 is 3.47. The first kappa shape index (κ1) is 13.8. The third-order valence-corrected chi connectivity index (χ3v) is 4.01. The van der Waals surface area contributed by atoms with Crippen LogP contribution in [0.2, 0.25) is 0 Å². The summed E-state index contributed by atoms with van der Waals surface area (Å²) in [5.41, 5.74) is 0.204. The number of halogens is 1. The lowest BCUT2D eigenvalue weighted by molar-refractivity contribution is 0.348. The van der Waals surface area contributed by atoms with E-state index < -0.39 is 0 Å². The summed E-state index contributed by atoms with van der Waals surface area (Å²) in [6, 6.07) is 1.99. The lowest BCUT2D eigenvalue weighted by Gasteiger charge is -2.35. The van der Waals surface area contributed by atoms with Gasteiger partial charge in [-0.15, -0.1) is 0 Å². The van der Waals surface area contributed by atoms with Gasteiger partial charge in [-0.3, -0.25) is 0 Å². The maximum Gasteiger partial charge on any atom is 0.132 e. The second kappa shape index (κ2) is 6.00. The van der Waals surface area contributed by atoms with E-state index in [1.54, 1.807) is 0 Å². The molecule has 1 aliphatic carbocycles. The van der Waals surface area contributed by atoms with Gasteiger partial charge in [0, 0.05) is 18.0 Å². The van der Waals surface area contributed by atoms with Gasteiger partial charge in [0.15, 0.2) is 0 Å². The Bertz CT molecular complexity index is 400. The van der Waals surface area contributed by atoms with Crippen LogP contribution < -0.4 is 5.32 Å².